The Morgan fingerprint density at radius 2 is 1.68 bits per heavy atom. The fourth-order valence-corrected chi connectivity index (χ4v) is 4.90. The van der Waals surface area contributed by atoms with Gasteiger partial charge in [-0.2, -0.15) is 0 Å². The summed E-state index contributed by atoms with van der Waals surface area (Å²) in [6, 6.07) is 25.6. The molecule has 5 rings (SSSR count). The van der Waals surface area contributed by atoms with Gasteiger partial charge in [-0.1, -0.05) is 61.5 Å². The Morgan fingerprint density at radius 1 is 0.935 bits per heavy atom. The van der Waals surface area contributed by atoms with E-state index in [0.717, 1.165) is 11.6 Å². The van der Waals surface area contributed by atoms with E-state index < -0.39 is 5.97 Å². The van der Waals surface area contributed by atoms with E-state index >= 15 is 0 Å². The molecule has 0 aromatic heterocycles. The second-order valence-electron chi connectivity index (χ2n) is 8.16. The number of hydrogen-bond donors (Lipinski definition) is 0. The molecule has 154 valence electrons. The first-order valence-corrected chi connectivity index (χ1v) is 10.8. The van der Waals surface area contributed by atoms with Crippen molar-refractivity contribution < 1.29 is 9.53 Å². The molecule has 2 unspecified atom stereocenters. The molecule has 0 bridgehead atoms. The normalized spacial score (nSPS) is 19.3. The molecule has 1 aliphatic carbocycles. The third-order valence-corrected chi connectivity index (χ3v) is 6.29. The van der Waals surface area contributed by atoms with Crippen LogP contribution in [0.5, 0.6) is 5.75 Å². The zero-order valence-electron chi connectivity index (χ0n) is 17.4. The van der Waals surface area contributed by atoms with Gasteiger partial charge in [-0.25, -0.2) is 4.79 Å². The van der Waals surface area contributed by atoms with Crippen LogP contribution in [0.15, 0.2) is 85.5 Å². The summed E-state index contributed by atoms with van der Waals surface area (Å²) < 4.78 is 5.13. The molecule has 0 N–H and O–H groups in total. The standard InChI is InChI=1S/C28H25NO2/c1-2-28(30)31-23-16-13-20(14-17-23)11-12-21-15-18-27-25(19-21)24-9-6-10-26(24)29(27)22-7-4-3-5-8-22/h2-5,7-8,11-19,24,26H,1,6,9-10H2. The first-order chi connectivity index (χ1) is 15.2. The average Bonchev–Trinajstić information content (AvgIpc) is 3.40. The van der Waals surface area contributed by atoms with Crippen molar-refractivity contribution in [2.75, 3.05) is 4.90 Å². The lowest BCUT2D eigenvalue weighted by molar-refractivity contribution is -0.128. The molecule has 3 aromatic rings. The highest BCUT2D eigenvalue weighted by atomic mass is 16.5. The molecule has 2 atom stereocenters. The van der Waals surface area contributed by atoms with Crippen LogP contribution < -0.4 is 9.64 Å². The molecule has 31 heavy (non-hydrogen) atoms. The zero-order valence-corrected chi connectivity index (χ0v) is 17.4. The lowest BCUT2D eigenvalue weighted by Crippen LogP contribution is -2.26. The third kappa shape index (κ3) is 3.79. The molecule has 0 radical (unpaired) electrons. The molecule has 0 amide bonds. The van der Waals surface area contributed by atoms with Crippen LogP contribution in [-0.4, -0.2) is 12.0 Å². The van der Waals surface area contributed by atoms with Gasteiger partial charge in [0.25, 0.3) is 0 Å². The molecule has 3 aromatic carbocycles. The van der Waals surface area contributed by atoms with Crippen molar-refractivity contribution in [3.63, 3.8) is 0 Å². The zero-order chi connectivity index (χ0) is 21.2. The Labute approximate surface area is 183 Å². The second-order valence-corrected chi connectivity index (χ2v) is 8.16. The van der Waals surface area contributed by atoms with Gasteiger partial charge in [0.05, 0.1) is 0 Å². The average molecular weight is 408 g/mol. The van der Waals surface area contributed by atoms with Crippen LogP contribution in [0.2, 0.25) is 0 Å². The molecular formula is C28H25NO2. The summed E-state index contributed by atoms with van der Waals surface area (Å²) in [6.45, 7) is 3.42. The smallest absolute Gasteiger partial charge is 0.335 e. The van der Waals surface area contributed by atoms with Crippen LogP contribution in [0.1, 0.15) is 41.9 Å². The number of fused-ring (bicyclic) bond motifs is 3. The largest absolute Gasteiger partial charge is 0.423 e. The Morgan fingerprint density at radius 3 is 2.45 bits per heavy atom. The van der Waals surface area contributed by atoms with Gasteiger partial charge < -0.3 is 9.64 Å². The lowest BCUT2D eigenvalue weighted by Gasteiger charge is -2.27. The van der Waals surface area contributed by atoms with Crippen LogP contribution in [-0.2, 0) is 4.79 Å². The maximum atomic E-state index is 11.3. The highest BCUT2D eigenvalue weighted by Gasteiger charge is 2.41. The summed E-state index contributed by atoms with van der Waals surface area (Å²) in [5, 5.41) is 0. The number of para-hydroxylation sites is 1. The van der Waals surface area contributed by atoms with E-state index in [4.69, 9.17) is 4.74 Å². The van der Waals surface area contributed by atoms with Crippen LogP contribution in [0.3, 0.4) is 0 Å². The molecule has 1 heterocycles. The summed E-state index contributed by atoms with van der Waals surface area (Å²) in [4.78, 5) is 13.8. The minimum atomic E-state index is -0.448. The molecule has 3 heteroatoms. The Hall–Kier alpha value is -3.59. The van der Waals surface area contributed by atoms with E-state index in [1.54, 1.807) is 12.1 Å². The predicted octanol–water partition coefficient (Wildman–Crippen LogP) is 6.74. The maximum Gasteiger partial charge on any atom is 0.335 e. The summed E-state index contributed by atoms with van der Waals surface area (Å²) in [7, 11) is 0. The van der Waals surface area contributed by atoms with Crippen molar-refractivity contribution in [3.05, 3.63) is 102 Å². The predicted molar refractivity (Wildman–Crippen MR) is 127 cm³/mol. The Bertz CT molecular complexity index is 1130. The number of nitrogens with zero attached hydrogens (tertiary/aromatic N) is 1. The van der Waals surface area contributed by atoms with Gasteiger partial charge in [-0.15, -0.1) is 0 Å². The minimum Gasteiger partial charge on any atom is -0.423 e. The Kier molecular flexibility index (Phi) is 5.17. The summed E-state index contributed by atoms with van der Waals surface area (Å²) >= 11 is 0. The number of carbonyl (C=O) groups excluding carboxylic acids is 1. The van der Waals surface area contributed by atoms with E-state index in [1.165, 1.54) is 41.8 Å². The van der Waals surface area contributed by atoms with Crippen molar-refractivity contribution in [1.29, 1.82) is 0 Å². The first-order valence-electron chi connectivity index (χ1n) is 10.8. The van der Waals surface area contributed by atoms with Gasteiger partial charge in [0.2, 0.25) is 0 Å². The van der Waals surface area contributed by atoms with Crippen LogP contribution in [0.4, 0.5) is 11.4 Å². The fourth-order valence-electron chi connectivity index (χ4n) is 4.90. The second kappa shape index (κ2) is 8.27. The van der Waals surface area contributed by atoms with E-state index in [1.807, 2.05) is 12.1 Å². The number of esters is 1. The lowest BCUT2D eigenvalue weighted by atomic mass is 9.95. The molecule has 0 saturated heterocycles. The van der Waals surface area contributed by atoms with Crippen LogP contribution >= 0.6 is 0 Å². The molecule has 1 saturated carbocycles. The van der Waals surface area contributed by atoms with Crippen molar-refractivity contribution in [2.24, 2.45) is 0 Å². The highest BCUT2D eigenvalue weighted by molar-refractivity contribution is 5.83. The topological polar surface area (TPSA) is 29.5 Å². The summed E-state index contributed by atoms with van der Waals surface area (Å²) in [5.41, 5.74) is 6.38. The molecule has 2 aliphatic rings. The van der Waals surface area contributed by atoms with Crippen molar-refractivity contribution in [2.45, 2.75) is 31.2 Å². The quantitative estimate of drug-likeness (QED) is 0.203. The third-order valence-electron chi connectivity index (χ3n) is 6.29. The monoisotopic (exact) mass is 407 g/mol. The van der Waals surface area contributed by atoms with Gasteiger partial charge in [0.1, 0.15) is 5.75 Å². The maximum absolute atomic E-state index is 11.3. The van der Waals surface area contributed by atoms with E-state index in [-0.39, 0.29) is 0 Å². The van der Waals surface area contributed by atoms with Crippen molar-refractivity contribution >= 4 is 29.5 Å². The molecule has 0 spiro atoms. The fraction of sp³-hybridized carbons (Fsp3) is 0.179. The molecule has 3 nitrogen and oxygen atoms in total. The number of hydrogen-bond acceptors (Lipinski definition) is 3. The summed E-state index contributed by atoms with van der Waals surface area (Å²) in [5.74, 6) is 0.687. The molecule has 1 aliphatic heterocycles. The number of carbonyl (C=O) groups is 1. The van der Waals surface area contributed by atoms with Crippen LogP contribution in [0.25, 0.3) is 12.2 Å². The van der Waals surface area contributed by atoms with Crippen LogP contribution in [0, 0.1) is 0 Å². The number of ether oxygens (including phenoxy) is 1. The number of rotatable bonds is 5. The highest BCUT2D eigenvalue weighted by Crippen LogP contribution is 2.52. The van der Waals surface area contributed by atoms with Gasteiger partial charge in [0, 0.05) is 29.4 Å². The van der Waals surface area contributed by atoms with Crippen molar-refractivity contribution in [3.8, 4) is 5.75 Å². The molecular weight excluding hydrogens is 382 g/mol. The van der Waals surface area contributed by atoms with E-state index in [9.17, 15) is 4.79 Å². The minimum absolute atomic E-state index is 0.448. The van der Waals surface area contributed by atoms with Gasteiger partial charge in [-0.3, -0.25) is 0 Å². The van der Waals surface area contributed by atoms with Gasteiger partial charge in [0.15, 0.2) is 0 Å². The van der Waals surface area contributed by atoms with Crippen molar-refractivity contribution in [1.82, 2.24) is 0 Å². The number of benzene rings is 3. The number of anilines is 2. The van der Waals surface area contributed by atoms with Gasteiger partial charge in [-0.05, 0) is 65.9 Å². The Balaban J connectivity index is 1.39. The van der Waals surface area contributed by atoms with Gasteiger partial charge >= 0.3 is 5.97 Å². The van der Waals surface area contributed by atoms with E-state index in [0.29, 0.717) is 17.7 Å². The molecule has 1 fully saturated rings. The SMILES string of the molecule is C=CC(=O)Oc1ccc(C=Cc2ccc3c(c2)C2CCCC2N3c2ccccc2)cc1. The summed E-state index contributed by atoms with van der Waals surface area (Å²) in [6.07, 6.45) is 9.22. The van der Waals surface area contributed by atoms with E-state index in [2.05, 4.69) is 72.2 Å². The first kappa shape index (κ1) is 19.4.